The molecular weight excluding hydrogens is 358 g/mol. The molecule has 2 heterocycles. The van der Waals surface area contributed by atoms with Crippen LogP contribution in [0, 0.1) is 0 Å². The zero-order valence-corrected chi connectivity index (χ0v) is 17.7. The largest absolute Gasteiger partial charge is 0.444 e. The Kier molecular flexibility index (Phi) is 5.49. The first-order chi connectivity index (χ1) is 13.9. The van der Waals surface area contributed by atoms with Gasteiger partial charge in [0.05, 0.1) is 6.04 Å². The van der Waals surface area contributed by atoms with Gasteiger partial charge in [0.1, 0.15) is 5.60 Å². The molecule has 2 aliphatic rings. The van der Waals surface area contributed by atoms with E-state index in [4.69, 9.17) is 4.74 Å². The van der Waals surface area contributed by atoms with Crippen molar-refractivity contribution >= 4 is 6.09 Å². The first kappa shape index (κ1) is 19.8. The average Bonchev–Trinajstić information content (AvgIpc) is 2.67. The molecule has 1 fully saturated rings. The number of ether oxygens (including phenoxy) is 1. The van der Waals surface area contributed by atoms with Gasteiger partial charge in [0.2, 0.25) is 0 Å². The van der Waals surface area contributed by atoms with Gasteiger partial charge < -0.3 is 4.74 Å². The highest BCUT2D eigenvalue weighted by Gasteiger charge is 2.39. The van der Waals surface area contributed by atoms with E-state index >= 15 is 0 Å². The standard InChI is InChI=1S/C26H31NO2/c1-26(2,3)29-25(28)27-23-10-7-11-24(27)18-20(17-23)16-19-12-14-22(15-13-19)21-8-5-4-6-9-21/h4-6,8-9,12-15,17,23-24H,7,10-11,16,18H2,1-3H3. The van der Waals surface area contributed by atoms with E-state index in [1.807, 2.05) is 31.7 Å². The number of carbonyl (C=O) groups excluding carboxylic acids is 1. The predicted octanol–water partition coefficient (Wildman–Crippen LogP) is 6.38. The minimum absolute atomic E-state index is 0.158. The topological polar surface area (TPSA) is 29.5 Å². The third-order valence-corrected chi connectivity index (χ3v) is 5.81. The summed E-state index contributed by atoms with van der Waals surface area (Å²) < 4.78 is 5.68. The van der Waals surface area contributed by atoms with Crippen LogP contribution in [0.3, 0.4) is 0 Å². The Balaban J connectivity index is 1.47. The molecule has 2 aromatic carbocycles. The van der Waals surface area contributed by atoms with E-state index in [1.165, 1.54) is 28.7 Å². The molecule has 2 aliphatic heterocycles. The molecule has 4 rings (SSSR count). The van der Waals surface area contributed by atoms with Gasteiger partial charge in [-0.2, -0.15) is 0 Å². The van der Waals surface area contributed by atoms with Gasteiger partial charge in [-0.25, -0.2) is 4.79 Å². The van der Waals surface area contributed by atoms with Crippen LogP contribution >= 0.6 is 0 Å². The molecule has 3 heteroatoms. The van der Waals surface area contributed by atoms with Crippen LogP contribution in [0.5, 0.6) is 0 Å². The zero-order valence-electron chi connectivity index (χ0n) is 17.7. The fraction of sp³-hybridized carbons (Fsp3) is 0.423. The third kappa shape index (κ3) is 4.72. The van der Waals surface area contributed by atoms with Crippen molar-refractivity contribution in [3.63, 3.8) is 0 Å². The van der Waals surface area contributed by atoms with Crippen LogP contribution in [0.4, 0.5) is 4.79 Å². The van der Waals surface area contributed by atoms with E-state index in [1.54, 1.807) is 0 Å². The maximum Gasteiger partial charge on any atom is 0.411 e. The van der Waals surface area contributed by atoms with Crippen molar-refractivity contribution in [2.24, 2.45) is 0 Å². The molecule has 0 radical (unpaired) electrons. The molecule has 1 saturated heterocycles. The summed E-state index contributed by atoms with van der Waals surface area (Å²) in [5.74, 6) is 0. The molecule has 0 N–H and O–H groups in total. The van der Waals surface area contributed by atoms with Gasteiger partial charge in [0, 0.05) is 6.04 Å². The van der Waals surface area contributed by atoms with Crippen molar-refractivity contribution in [3.8, 4) is 11.1 Å². The fourth-order valence-electron chi connectivity index (χ4n) is 4.56. The second kappa shape index (κ2) is 8.06. The number of nitrogens with zero attached hydrogens (tertiary/aromatic N) is 1. The monoisotopic (exact) mass is 389 g/mol. The van der Waals surface area contributed by atoms with Crippen molar-refractivity contribution in [2.75, 3.05) is 0 Å². The third-order valence-electron chi connectivity index (χ3n) is 5.81. The molecule has 3 nitrogen and oxygen atoms in total. The van der Waals surface area contributed by atoms with E-state index in [0.717, 1.165) is 25.7 Å². The second-order valence-corrected chi connectivity index (χ2v) is 9.31. The molecule has 0 spiro atoms. The molecule has 2 aromatic rings. The van der Waals surface area contributed by atoms with Crippen molar-refractivity contribution < 1.29 is 9.53 Å². The highest BCUT2D eigenvalue weighted by atomic mass is 16.6. The van der Waals surface area contributed by atoms with E-state index in [-0.39, 0.29) is 18.2 Å². The summed E-state index contributed by atoms with van der Waals surface area (Å²) in [6, 6.07) is 19.8. The predicted molar refractivity (Wildman–Crippen MR) is 118 cm³/mol. The smallest absolute Gasteiger partial charge is 0.411 e. The van der Waals surface area contributed by atoms with Gasteiger partial charge in [0.25, 0.3) is 0 Å². The van der Waals surface area contributed by atoms with Crippen LogP contribution in [0.1, 0.15) is 52.0 Å². The molecular formula is C26H31NO2. The summed E-state index contributed by atoms with van der Waals surface area (Å²) in [4.78, 5) is 14.7. The molecule has 1 amide bonds. The molecule has 0 aliphatic carbocycles. The lowest BCUT2D eigenvalue weighted by molar-refractivity contribution is -0.00150. The molecule has 2 atom stereocenters. The Morgan fingerprint density at radius 2 is 1.69 bits per heavy atom. The fourth-order valence-corrected chi connectivity index (χ4v) is 4.56. The maximum absolute atomic E-state index is 12.7. The lowest BCUT2D eigenvalue weighted by Crippen LogP contribution is -2.53. The van der Waals surface area contributed by atoms with E-state index < -0.39 is 5.60 Å². The van der Waals surface area contributed by atoms with Crippen molar-refractivity contribution in [1.82, 2.24) is 4.90 Å². The molecule has 0 saturated carbocycles. The zero-order chi connectivity index (χ0) is 20.4. The summed E-state index contributed by atoms with van der Waals surface area (Å²) in [5.41, 5.74) is 4.83. The summed E-state index contributed by atoms with van der Waals surface area (Å²) in [5, 5.41) is 0. The number of piperidine rings is 1. The summed E-state index contributed by atoms with van der Waals surface area (Å²) >= 11 is 0. The van der Waals surface area contributed by atoms with E-state index in [2.05, 4.69) is 54.6 Å². The summed E-state index contributed by atoms with van der Waals surface area (Å²) in [6.07, 6.45) is 7.37. The van der Waals surface area contributed by atoms with Crippen LogP contribution in [0.15, 0.2) is 66.2 Å². The Morgan fingerprint density at radius 3 is 2.34 bits per heavy atom. The maximum atomic E-state index is 12.7. The Labute approximate surface area is 174 Å². The highest BCUT2D eigenvalue weighted by molar-refractivity contribution is 5.70. The highest BCUT2D eigenvalue weighted by Crippen LogP contribution is 2.35. The van der Waals surface area contributed by atoms with Gasteiger partial charge >= 0.3 is 6.09 Å². The number of benzene rings is 2. The van der Waals surface area contributed by atoms with Crippen molar-refractivity contribution in [2.45, 2.75) is 70.6 Å². The minimum atomic E-state index is -0.449. The van der Waals surface area contributed by atoms with Crippen LogP contribution < -0.4 is 0 Å². The van der Waals surface area contributed by atoms with Crippen molar-refractivity contribution in [3.05, 3.63) is 71.8 Å². The molecule has 2 unspecified atom stereocenters. The van der Waals surface area contributed by atoms with Crippen molar-refractivity contribution in [1.29, 1.82) is 0 Å². The first-order valence-electron chi connectivity index (χ1n) is 10.7. The minimum Gasteiger partial charge on any atom is -0.444 e. The molecule has 2 bridgehead atoms. The van der Waals surface area contributed by atoms with Gasteiger partial charge in [-0.1, -0.05) is 66.2 Å². The lowest BCUT2D eigenvalue weighted by Gasteiger charge is -2.45. The normalized spacial score (nSPS) is 21.5. The lowest BCUT2D eigenvalue weighted by atomic mass is 9.83. The molecule has 152 valence electrons. The summed E-state index contributed by atoms with van der Waals surface area (Å²) in [6.45, 7) is 5.81. The number of fused-ring (bicyclic) bond motifs is 2. The van der Waals surface area contributed by atoms with Crippen LogP contribution in [0.2, 0.25) is 0 Å². The van der Waals surface area contributed by atoms with Gasteiger partial charge in [-0.3, -0.25) is 4.90 Å². The SMILES string of the molecule is CC(C)(C)OC(=O)N1C2C=C(Cc3ccc(-c4ccccc4)cc3)CC1CCC2. The number of carbonyl (C=O) groups is 1. The average molecular weight is 390 g/mol. The van der Waals surface area contributed by atoms with Gasteiger partial charge in [-0.05, 0) is 69.6 Å². The molecule has 29 heavy (non-hydrogen) atoms. The van der Waals surface area contributed by atoms with Crippen LogP contribution in [-0.4, -0.2) is 28.7 Å². The molecule has 0 aromatic heterocycles. The first-order valence-corrected chi connectivity index (χ1v) is 10.7. The van der Waals surface area contributed by atoms with E-state index in [0.29, 0.717) is 0 Å². The number of amides is 1. The Hall–Kier alpha value is -2.55. The van der Waals surface area contributed by atoms with Gasteiger partial charge in [0.15, 0.2) is 0 Å². The number of hydrogen-bond acceptors (Lipinski definition) is 2. The quantitative estimate of drug-likeness (QED) is 0.570. The summed E-state index contributed by atoms with van der Waals surface area (Å²) in [7, 11) is 0. The number of hydrogen-bond donors (Lipinski definition) is 0. The van der Waals surface area contributed by atoms with Crippen LogP contribution in [0.25, 0.3) is 11.1 Å². The van der Waals surface area contributed by atoms with Crippen LogP contribution in [-0.2, 0) is 11.2 Å². The number of rotatable bonds is 3. The van der Waals surface area contributed by atoms with E-state index in [9.17, 15) is 4.79 Å². The second-order valence-electron chi connectivity index (χ2n) is 9.31. The Morgan fingerprint density at radius 1 is 1.00 bits per heavy atom. The Bertz CT molecular complexity index is 877. The van der Waals surface area contributed by atoms with Gasteiger partial charge in [-0.15, -0.1) is 0 Å².